The van der Waals surface area contributed by atoms with Crippen molar-refractivity contribution in [3.63, 3.8) is 0 Å². The molecule has 4 nitrogen and oxygen atoms in total. The van der Waals surface area contributed by atoms with Gasteiger partial charge in [-0.15, -0.1) is 11.3 Å². The standard InChI is InChI=1S/C10H13N3OS2/c1-10(2,8-11-3-4-16-8)13-7(6-14)5-12-9(13)15/h3-5,14H,6H2,1-2H3,(H,12,15). The summed E-state index contributed by atoms with van der Waals surface area (Å²) < 4.78 is 2.51. The van der Waals surface area contributed by atoms with Gasteiger partial charge in [-0.05, 0) is 26.1 Å². The number of nitrogens with one attached hydrogen (secondary N) is 1. The van der Waals surface area contributed by atoms with Gasteiger partial charge in [-0.25, -0.2) is 4.98 Å². The molecule has 2 aromatic rings. The molecule has 0 saturated heterocycles. The number of H-pyrrole nitrogens is 1. The van der Waals surface area contributed by atoms with Gasteiger partial charge in [0.1, 0.15) is 5.01 Å². The molecule has 6 heteroatoms. The van der Waals surface area contributed by atoms with E-state index in [-0.39, 0.29) is 12.1 Å². The second kappa shape index (κ2) is 4.12. The van der Waals surface area contributed by atoms with Crippen LogP contribution in [0.2, 0.25) is 0 Å². The number of thiazole rings is 1. The first-order chi connectivity index (χ1) is 7.57. The Morgan fingerprint density at radius 3 is 2.94 bits per heavy atom. The predicted molar refractivity (Wildman–Crippen MR) is 66.1 cm³/mol. The molecule has 2 heterocycles. The van der Waals surface area contributed by atoms with Crippen molar-refractivity contribution in [2.75, 3.05) is 0 Å². The predicted octanol–water partition coefficient (Wildman–Crippen LogP) is 2.28. The van der Waals surface area contributed by atoms with Gasteiger partial charge in [-0.2, -0.15) is 0 Å². The first-order valence-corrected chi connectivity index (χ1v) is 6.16. The van der Waals surface area contributed by atoms with Crippen molar-refractivity contribution < 1.29 is 5.11 Å². The highest BCUT2D eigenvalue weighted by atomic mass is 32.1. The zero-order valence-electron chi connectivity index (χ0n) is 9.10. The molecule has 0 aromatic carbocycles. The van der Waals surface area contributed by atoms with Gasteiger partial charge in [0.25, 0.3) is 0 Å². The molecule has 2 rings (SSSR count). The highest BCUT2D eigenvalue weighted by molar-refractivity contribution is 7.71. The van der Waals surface area contributed by atoms with Crippen LogP contribution in [-0.4, -0.2) is 19.6 Å². The quantitative estimate of drug-likeness (QED) is 0.827. The van der Waals surface area contributed by atoms with Gasteiger partial charge in [0.15, 0.2) is 4.77 Å². The molecule has 86 valence electrons. The lowest BCUT2D eigenvalue weighted by atomic mass is 10.1. The van der Waals surface area contributed by atoms with Crippen LogP contribution in [0.1, 0.15) is 24.5 Å². The van der Waals surface area contributed by atoms with Crippen molar-refractivity contribution in [1.29, 1.82) is 0 Å². The summed E-state index contributed by atoms with van der Waals surface area (Å²) in [6.07, 6.45) is 3.51. The molecule has 0 unspecified atom stereocenters. The van der Waals surface area contributed by atoms with E-state index in [4.69, 9.17) is 12.2 Å². The number of hydrogen-bond donors (Lipinski definition) is 2. The molecule has 0 aliphatic carbocycles. The fourth-order valence-electron chi connectivity index (χ4n) is 1.76. The Bertz CT molecular complexity index is 525. The fourth-order valence-corrected chi connectivity index (χ4v) is 2.91. The Kier molecular flexibility index (Phi) is 2.96. The van der Waals surface area contributed by atoms with Crippen LogP contribution in [0.15, 0.2) is 17.8 Å². The van der Waals surface area contributed by atoms with Gasteiger partial charge in [-0.1, -0.05) is 0 Å². The van der Waals surface area contributed by atoms with E-state index in [1.54, 1.807) is 23.7 Å². The maximum absolute atomic E-state index is 9.29. The highest BCUT2D eigenvalue weighted by Crippen LogP contribution is 2.28. The number of rotatable bonds is 3. The van der Waals surface area contributed by atoms with Crippen LogP contribution in [0.3, 0.4) is 0 Å². The van der Waals surface area contributed by atoms with Crippen molar-refractivity contribution in [3.8, 4) is 0 Å². The molecule has 0 spiro atoms. The monoisotopic (exact) mass is 255 g/mol. The van der Waals surface area contributed by atoms with Crippen molar-refractivity contribution in [2.45, 2.75) is 26.0 Å². The summed E-state index contributed by atoms with van der Waals surface area (Å²) in [6, 6.07) is 0. The molecule has 16 heavy (non-hydrogen) atoms. The van der Waals surface area contributed by atoms with E-state index in [0.717, 1.165) is 10.7 Å². The van der Waals surface area contributed by atoms with Crippen LogP contribution < -0.4 is 0 Å². The maximum atomic E-state index is 9.29. The second-order valence-electron chi connectivity index (χ2n) is 3.97. The summed E-state index contributed by atoms with van der Waals surface area (Å²) >= 11 is 6.82. The Balaban J connectivity index is 2.59. The van der Waals surface area contributed by atoms with Crippen LogP contribution in [0.25, 0.3) is 0 Å². The van der Waals surface area contributed by atoms with Crippen LogP contribution in [-0.2, 0) is 12.1 Å². The highest BCUT2D eigenvalue weighted by Gasteiger charge is 2.28. The normalized spacial score (nSPS) is 11.9. The van der Waals surface area contributed by atoms with Gasteiger partial charge < -0.3 is 14.7 Å². The molecular weight excluding hydrogens is 242 g/mol. The molecule has 0 radical (unpaired) electrons. The number of aromatic nitrogens is 3. The minimum atomic E-state index is -0.344. The smallest absolute Gasteiger partial charge is 0.178 e. The lowest BCUT2D eigenvalue weighted by Crippen LogP contribution is -2.29. The summed E-state index contributed by atoms with van der Waals surface area (Å²) in [4.78, 5) is 7.27. The molecule has 0 aliphatic heterocycles. The third kappa shape index (κ3) is 1.73. The van der Waals surface area contributed by atoms with E-state index in [2.05, 4.69) is 9.97 Å². The number of hydrogen-bond acceptors (Lipinski definition) is 4. The van der Waals surface area contributed by atoms with Gasteiger partial charge in [0, 0.05) is 17.8 Å². The topological polar surface area (TPSA) is 53.8 Å². The molecule has 2 N–H and O–H groups in total. The molecule has 0 saturated carbocycles. The molecule has 0 atom stereocenters. The van der Waals surface area contributed by atoms with Crippen LogP contribution >= 0.6 is 23.6 Å². The van der Waals surface area contributed by atoms with Crippen LogP contribution in [0, 0.1) is 4.77 Å². The Labute approximate surface area is 103 Å². The SMILES string of the molecule is CC(C)(c1nccs1)n1c(CO)c[nH]c1=S. The maximum Gasteiger partial charge on any atom is 0.178 e. The van der Waals surface area contributed by atoms with Gasteiger partial charge >= 0.3 is 0 Å². The molecule has 0 aliphatic rings. The summed E-state index contributed by atoms with van der Waals surface area (Å²) in [7, 11) is 0. The number of imidazole rings is 1. The lowest BCUT2D eigenvalue weighted by molar-refractivity contribution is 0.259. The third-order valence-electron chi connectivity index (χ3n) is 2.53. The van der Waals surface area contributed by atoms with E-state index >= 15 is 0 Å². The van der Waals surface area contributed by atoms with Gasteiger partial charge in [-0.3, -0.25) is 0 Å². The summed E-state index contributed by atoms with van der Waals surface area (Å²) in [6.45, 7) is 4.03. The molecular formula is C10H13N3OS2. The lowest BCUT2D eigenvalue weighted by Gasteiger charge is -2.26. The number of aromatic amines is 1. The van der Waals surface area contributed by atoms with Crippen molar-refractivity contribution in [3.05, 3.63) is 33.2 Å². The Morgan fingerprint density at radius 2 is 2.38 bits per heavy atom. The molecule has 0 fully saturated rings. The number of aliphatic hydroxyl groups is 1. The first kappa shape index (κ1) is 11.5. The average molecular weight is 255 g/mol. The Hall–Kier alpha value is -0.980. The third-order valence-corrected chi connectivity index (χ3v) is 3.92. The van der Waals surface area contributed by atoms with Crippen molar-refractivity contribution in [2.24, 2.45) is 0 Å². The molecule has 0 bridgehead atoms. The van der Waals surface area contributed by atoms with E-state index in [1.165, 1.54) is 0 Å². The summed E-state index contributed by atoms with van der Waals surface area (Å²) in [5, 5.41) is 12.2. The van der Waals surface area contributed by atoms with Crippen molar-refractivity contribution in [1.82, 2.24) is 14.5 Å². The fraction of sp³-hybridized carbons (Fsp3) is 0.400. The van der Waals surface area contributed by atoms with E-state index in [0.29, 0.717) is 4.77 Å². The summed E-state index contributed by atoms with van der Waals surface area (Å²) in [5.41, 5.74) is 0.425. The molecule has 2 aromatic heterocycles. The van der Waals surface area contributed by atoms with E-state index < -0.39 is 0 Å². The van der Waals surface area contributed by atoms with Crippen molar-refractivity contribution >= 4 is 23.6 Å². The van der Waals surface area contributed by atoms with E-state index in [1.807, 2.05) is 23.8 Å². The zero-order chi connectivity index (χ0) is 11.8. The average Bonchev–Trinajstić information content (AvgIpc) is 2.85. The minimum absolute atomic E-state index is 0.0397. The van der Waals surface area contributed by atoms with Crippen LogP contribution in [0.5, 0.6) is 0 Å². The zero-order valence-corrected chi connectivity index (χ0v) is 10.7. The van der Waals surface area contributed by atoms with E-state index in [9.17, 15) is 5.11 Å². The van der Waals surface area contributed by atoms with Gasteiger partial charge in [0.2, 0.25) is 0 Å². The minimum Gasteiger partial charge on any atom is -0.390 e. The number of nitrogens with zero attached hydrogens (tertiary/aromatic N) is 2. The second-order valence-corrected chi connectivity index (χ2v) is 5.26. The van der Waals surface area contributed by atoms with Crippen LogP contribution in [0.4, 0.5) is 0 Å². The summed E-state index contributed by atoms with van der Waals surface area (Å²) in [5.74, 6) is 0. The largest absolute Gasteiger partial charge is 0.390 e. The number of aliphatic hydroxyl groups excluding tert-OH is 1. The van der Waals surface area contributed by atoms with Gasteiger partial charge in [0.05, 0.1) is 17.8 Å². The Morgan fingerprint density at radius 1 is 1.62 bits per heavy atom. The molecule has 0 amide bonds. The first-order valence-electron chi connectivity index (χ1n) is 4.88.